The lowest BCUT2D eigenvalue weighted by Gasteiger charge is -2.35. The van der Waals surface area contributed by atoms with E-state index in [0.29, 0.717) is 43.2 Å². The van der Waals surface area contributed by atoms with Gasteiger partial charge in [-0.2, -0.15) is 4.31 Å². The third kappa shape index (κ3) is 3.93. The number of carboxylic acids is 1. The Balaban J connectivity index is 1.74. The van der Waals surface area contributed by atoms with Gasteiger partial charge in [-0.3, -0.25) is 0 Å². The van der Waals surface area contributed by atoms with Crippen molar-refractivity contribution in [3.8, 4) is 0 Å². The van der Waals surface area contributed by atoms with E-state index in [-0.39, 0.29) is 10.5 Å². The Hall–Kier alpha value is -1.48. The van der Waals surface area contributed by atoms with E-state index in [1.165, 1.54) is 16.4 Å². The van der Waals surface area contributed by atoms with Crippen LogP contribution in [-0.2, 0) is 14.8 Å². The van der Waals surface area contributed by atoms with Crippen LogP contribution in [-0.4, -0.2) is 74.6 Å². The van der Waals surface area contributed by atoms with E-state index in [4.69, 9.17) is 4.74 Å². The number of aryl methyl sites for hydroxylation is 1. The minimum atomic E-state index is -3.70. The number of ether oxygens (including phenoxy) is 1. The number of benzene rings is 1. The monoisotopic (exact) mass is 382 g/mol. The van der Waals surface area contributed by atoms with Crippen molar-refractivity contribution in [2.75, 3.05) is 45.9 Å². The molecule has 144 valence electrons. The lowest BCUT2D eigenvalue weighted by atomic mass is 10.1. The minimum absolute atomic E-state index is 0.00606. The quantitative estimate of drug-likeness (QED) is 0.827. The van der Waals surface area contributed by atoms with Crippen molar-refractivity contribution in [3.05, 3.63) is 28.8 Å². The zero-order valence-corrected chi connectivity index (χ0v) is 16.1. The van der Waals surface area contributed by atoms with E-state index < -0.39 is 16.0 Å². The molecule has 2 aliphatic heterocycles. The van der Waals surface area contributed by atoms with Gasteiger partial charge in [-0.25, -0.2) is 13.2 Å². The van der Waals surface area contributed by atoms with E-state index in [2.05, 4.69) is 4.90 Å². The van der Waals surface area contributed by atoms with Crippen molar-refractivity contribution >= 4 is 16.0 Å². The number of piperazine rings is 1. The molecule has 0 saturated carbocycles. The predicted octanol–water partition coefficient (Wildman–Crippen LogP) is 1.34. The molecule has 1 atom stereocenters. The summed E-state index contributed by atoms with van der Waals surface area (Å²) < 4.78 is 33.0. The second kappa shape index (κ2) is 7.64. The standard InChI is InChI=1S/C18H26N2O5S/c1-13-9-16(18(21)22)10-17(14(13)2)26(23,24)20-6-4-19(5-7-20)11-15-3-8-25-12-15/h9-10,15H,3-8,11-12H2,1-2H3,(H,21,22). The Labute approximate surface area is 154 Å². The molecule has 8 heteroatoms. The second-order valence-electron chi connectivity index (χ2n) is 7.16. The van der Waals surface area contributed by atoms with Crippen LogP contribution in [0.2, 0.25) is 0 Å². The summed E-state index contributed by atoms with van der Waals surface area (Å²) in [6.07, 6.45) is 1.07. The fourth-order valence-electron chi connectivity index (χ4n) is 3.60. The van der Waals surface area contributed by atoms with Gasteiger partial charge in [0.1, 0.15) is 0 Å². The van der Waals surface area contributed by atoms with Gasteiger partial charge < -0.3 is 14.7 Å². The van der Waals surface area contributed by atoms with Gasteiger partial charge in [-0.1, -0.05) is 0 Å². The molecule has 2 fully saturated rings. The fraction of sp³-hybridized carbons (Fsp3) is 0.611. The number of aromatic carboxylic acids is 1. The number of carboxylic acid groups (broad SMARTS) is 1. The molecule has 1 N–H and O–H groups in total. The largest absolute Gasteiger partial charge is 0.478 e. The minimum Gasteiger partial charge on any atom is -0.478 e. The lowest BCUT2D eigenvalue weighted by molar-refractivity contribution is 0.0696. The smallest absolute Gasteiger partial charge is 0.335 e. The third-order valence-corrected chi connectivity index (χ3v) is 7.38. The molecule has 3 rings (SSSR count). The van der Waals surface area contributed by atoms with Crippen LogP contribution in [0.1, 0.15) is 27.9 Å². The summed E-state index contributed by atoms with van der Waals surface area (Å²) in [5.41, 5.74) is 1.29. The van der Waals surface area contributed by atoms with E-state index in [1.54, 1.807) is 13.8 Å². The normalized spacial score (nSPS) is 22.6. The molecule has 1 aromatic carbocycles. The Morgan fingerprint density at radius 2 is 1.92 bits per heavy atom. The van der Waals surface area contributed by atoms with Gasteiger partial charge in [-0.15, -0.1) is 0 Å². The summed E-state index contributed by atoms with van der Waals surface area (Å²) in [7, 11) is -3.70. The topological polar surface area (TPSA) is 87.1 Å². The van der Waals surface area contributed by atoms with Gasteiger partial charge in [0, 0.05) is 39.3 Å². The van der Waals surface area contributed by atoms with Crippen LogP contribution in [0.4, 0.5) is 0 Å². The molecule has 2 heterocycles. The number of nitrogens with zero attached hydrogens (tertiary/aromatic N) is 2. The first-order valence-electron chi connectivity index (χ1n) is 8.94. The van der Waals surface area contributed by atoms with Crippen molar-refractivity contribution in [1.82, 2.24) is 9.21 Å². The third-order valence-electron chi connectivity index (χ3n) is 5.36. The number of carbonyl (C=O) groups is 1. The molecule has 2 aliphatic rings. The van der Waals surface area contributed by atoms with Gasteiger partial charge in [0.25, 0.3) is 0 Å². The highest BCUT2D eigenvalue weighted by atomic mass is 32.2. The Morgan fingerprint density at radius 1 is 1.23 bits per heavy atom. The van der Waals surface area contributed by atoms with Crippen LogP contribution in [0, 0.1) is 19.8 Å². The number of hydrogen-bond donors (Lipinski definition) is 1. The van der Waals surface area contributed by atoms with Gasteiger partial charge >= 0.3 is 5.97 Å². The maximum absolute atomic E-state index is 13.1. The maximum atomic E-state index is 13.1. The first-order chi connectivity index (χ1) is 12.3. The maximum Gasteiger partial charge on any atom is 0.335 e. The number of sulfonamides is 1. The summed E-state index contributed by atoms with van der Waals surface area (Å²) in [6, 6.07) is 2.79. The van der Waals surface area contributed by atoms with Crippen LogP contribution in [0.15, 0.2) is 17.0 Å². The summed E-state index contributed by atoms with van der Waals surface area (Å²) >= 11 is 0. The highest BCUT2D eigenvalue weighted by Crippen LogP contribution is 2.26. The molecule has 0 aromatic heterocycles. The summed E-state index contributed by atoms with van der Waals surface area (Å²) in [5.74, 6) is -0.580. The second-order valence-corrected chi connectivity index (χ2v) is 9.06. The highest BCUT2D eigenvalue weighted by Gasteiger charge is 2.31. The molecule has 1 unspecified atom stereocenters. The first-order valence-corrected chi connectivity index (χ1v) is 10.4. The predicted molar refractivity (Wildman–Crippen MR) is 97.0 cm³/mol. The molecular formula is C18H26N2O5S. The molecule has 1 aromatic rings. The molecule has 0 bridgehead atoms. The molecular weight excluding hydrogens is 356 g/mol. The van der Waals surface area contributed by atoms with Gasteiger partial charge in [0.05, 0.1) is 17.1 Å². The van der Waals surface area contributed by atoms with Gasteiger partial charge in [-0.05, 0) is 49.4 Å². The van der Waals surface area contributed by atoms with Crippen molar-refractivity contribution in [1.29, 1.82) is 0 Å². The van der Waals surface area contributed by atoms with E-state index in [9.17, 15) is 18.3 Å². The van der Waals surface area contributed by atoms with Crippen LogP contribution < -0.4 is 0 Å². The first kappa shape index (κ1) is 19.3. The Morgan fingerprint density at radius 3 is 2.50 bits per heavy atom. The summed E-state index contributed by atoms with van der Waals surface area (Å²) in [6.45, 7) is 8.24. The number of rotatable bonds is 5. The molecule has 0 aliphatic carbocycles. The van der Waals surface area contributed by atoms with Gasteiger partial charge in [0.2, 0.25) is 10.0 Å². The average molecular weight is 382 g/mol. The SMILES string of the molecule is Cc1cc(C(=O)O)cc(S(=O)(=O)N2CCN(CC3CCOC3)CC2)c1C. The number of hydrogen-bond acceptors (Lipinski definition) is 5. The molecule has 0 amide bonds. The van der Waals surface area contributed by atoms with E-state index in [1.807, 2.05) is 0 Å². The van der Waals surface area contributed by atoms with Crippen molar-refractivity contribution in [2.24, 2.45) is 5.92 Å². The molecule has 7 nitrogen and oxygen atoms in total. The average Bonchev–Trinajstić information content (AvgIpc) is 3.10. The van der Waals surface area contributed by atoms with Crippen molar-refractivity contribution < 1.29 is 23.1 Å². The summed E-state index contributed by atoms with van der Waals surface area (Å²) in [4.78, 5) is 13.7. The van der Waals surface area contributed by atoms with Gasteiger partial charge in [0.15, 0.2) is 0 Å². The fourth-order valence-corrected chi connectivity index (χ4v) is 5.35. The van der Waals surface area contributed by atoms with E-state index in [0.717, 1.165) is 26.2 Å². The Kier molecular flexibility index (Phi) is 5.67. The zero-order chi connectivity index (χ0) is 18.9. The highest BCUT2D eigenvalue weighted by molar-refractivity contribution is 7.89. The van der Waals surface area contributed by atoms with Crippen LogP contribution in [0.25, 0.3) is 0 Å². The van der Waals surface area contributed by atoms with Crippen LogP contribution in [0.5, 0.6) is 0 Å². The molecule has 0 radical (unpaired) electrons. The zero-order valence-electron chi connectivity index (χ0n) is 15.3. The summed E-state index contributed by atoms with van der Waals surface area (Å²) in [5, 5.41) is 9.25. The molecule has 0 spiro atoms. The van der Waals surface area contributed by atoms with Crippen molar-refractivity contribution in [2.45, 2.75) is 25.2 Å². The molecule has 2 saturated heterocycles. The van der Waals surface area contributed by atoms with Crippen LogP contribution in [0.3, 0.4) is 0 Å². The van der Waals surface area contributed by atoms with Crippen LogP contribution >= 0.6 is 0 Å². The lowest BCUT2D eigenvalue weighted by Crippen LogP contribution is -2.49. The van der Waals surface area contributed by atoms with Crippen molar-refractivity contribution in [3.63, 3.8) is 0 Å². The Bertz CT molecular complexity index is 779. The van der Waals surface area contributed by atoms with E-state index >= 15 is 0 Å². The molecule has 26 heavy (non-hydrogen) atoms.